The Balaban J connectivity index is 1.73. The average molecular weight is 446 g/mol. The summed E-state index contributed by atoms with van der Waals surface area (Å²) in [7, 11) is 2.53. The summed E-state index contributed by atoms with van der Waals surface area (Å²) in [6.07, 6.45) is 0.580. The van der Waals surface area contributed by atoms with Gasteiger partial charge in [-0.2, -0.15) is 0 Å². The third-order valence-corrected chi connectivity index (χ3v) is 5.57. The van der Waals surface area contributed by atoms with Gasteiger partial charge in [0, 0.05) is 44.0 Å². The van der Waals surface area contributed by atoms with Gasteiger partial charge >= 0.3 is 11.9 Å². The Morgan fingerprint density at radius 3 is 2.09 bits per heavy atom. The molecule has 0 saturated carbocycles. The summed E-state index contributed by atoms with van der Waals surface area (Å²) in [5.41, 5.74) is 1.97. The zero-order chi connectivity index (χ0) is 23.3. The molecule has 0 atom stereocenters. The highest BCUT2D eigenvalue weighted by atomic mass is 16.5. The van der Waals surface area contributed by atoms with E-state index in [1.54, 1.807) is 4.90 Å². The van der Waals surface area contributed by atoms with Crippen LogP contribution in [0.25, 0.3) is 0 Å². The highest BCUT2D eigenvalue weighted by molar-refractivity contribution is 6.03. The highest BCUT2D eigenvalue weighted by Crippen LogP contribution is 2.29. The molecule has 9 nitrogen and oxygen atoms in total. The van der Waals surface area contributed by atoms with Gasteiger partial charge in [-0.25, -0.2) is 9.59 Å². The first-order chi connectivity index (χ1) is 15.3. The van der Waals surface area contributed by atoms with Crippen LogP contribution in [0.1, 0.15) is 20.3 Å². The van der Waals surface area contributed by atoms with Crippen molar-refractivity contribution in [3.05, 3.63) is 35.5 Å². The van der Waals surface area contributed by atoms with Crippen LogP contribution in [-0.2, 0) is 28.6 Å². The minimum Gasteiger partial charge on any atom is -0.466 e. The molecule has 0 radical (unpaired) electrons. The Morgan fingerprint density at radius 1 is 0.938 bits per heavy atom. The number of esters is 2. The second-order valence-corrected chi connectivity index (χ2v) is 8.20. The lowest BCUT2D eigenvalue weighted by Gasteiger charge is -2.37. The van der Waals surface area contributed by atoms with Gasteiger partial charge in [0.15, 0.2) is 0 Å². The van der Waals surface area contributed by atoms with E-state index in [4.69, 9.17) is 14.2 Å². The summed E-state index contributed by atoms with van der Waals surface area (Å²) < 4.78 is 15.2. The zero-order valence-corrected chi connectivity index (χ0v) is 19.1. The first-order valence-corrected chi connectivity index (χ1v) is 10.7. The van der Waals surface area contributed by atoms with Crippen molar-refractivity contribution in [3.63, 3.8) is 0 Å². The zero-order valence-electron chi connectivity index (χ0n) is 19.1. The minimum atomic E-state index is -0.628. The number of ether oxygens (including phenoxy) is 3. The fourth-order valence-corrected chi connectivity index (χ4v) is 3.88. The Morgan fingerprint density at radius 2 is 1.53 bits per heavy atom. The smallest absolute Gasteiger partial charge is 0.355 e. The van der Waals surface area contributed by atoms with E-state index in [1.807, 2.05) is 29.2 Å². The van der Waals surface area contributed by atoms with Crippen molar-refractivity contribution < 1.29 is 28.6 Å². The molecule has 174 valence electrons. The SMILES string of the molecule is COC(=O)C1=C(C(=O)OC)N(c2ccc(N3CCN(C(=O)CC(C)C)CC3)cc2)COC1. The van der Waals surface area contributed by atoms with Gasteiger partial charge in [-0.15, -0.1) is 0 Å². The molecule has 32 heavy (non-hydrogen) atoms. The van der Waals surface area contributed by atoms with Crippen LogP contribution in [0.4, 0.5) is 11.4 Å². The molecule has 1 saturated heterocycles. The van der Waals surface area contributed by atoms with E-state index < -0.39 is 11.9 Å². The second-order valence-electron chi connectivity index (χ2n) is 8.20. The molecule has 0 bridgehead atoms. The van der Waals surface area contributed by atoms with E-state index >= 15 is 0 Å². The summed E-state index contributed by atoms with van der Waals surface area (Å²) in [6, 6.07) is 7.67. The van der Waals surface area contributed by atoms with E-state index in [0.29, 0.717) is 31.1 Å². The van der Waals surface area contributed by atoms with Crippen LogP contribution >= 0.6 is 0 Å². The molecule has 2 heterocycles. The lowest BCUT2D eigenvalue weighted by Crippen LogP contribution is -2.49. The van der Waals surface area contributed by atoms with Crippen molar-refractivity contribution in [1.29, 1.82) is 0 Å². The van der Waals surface area contributed by atoms with Crippen LogP contribution in [0.3, 0.4) is 0 Å². The molecule has 0 spiro atoms. The summed E-state index contributed by atoms with van der Waals surface area (Å²) in [5, 5.41) is 0. The van der Waals surface area contributed by atoms with E-state index in [1.165, 1.54) is 14.2 Å². The fraction of sp³-hybridized carbons (Fsp3) is 0.522. The summed E-state index contributed by atoms with van der Waals surface area (Å²) in [6.45, 7) is 7.12. The third kappa shape index (κ3) is 5.21. The molecule has 1 amide bonds. The molecular weight excluding hydrogens is 414 g/mol. The first-order valence-electron chi connectivity index (χ1n) is 10.7. The van der Waals surface area contributed by atoms with E-state index in [0.717, 1.165) is 18.8 Å². The fourth-order valence-electron chi connectivity index (χ4n) is 3.88. The van der Waals surface area contributed by atoms with Gasteiger partial charge < -0.3 is 28.9 Å². The third-order valence-electron chi connectivity index (χ3n) is 5.57. The number of benzene rings is 1. The van der Waals surface area contributed by atoms with Crippen LogP contribution in [0.5, 0.6) is 0 Å². The van der Waals surface area contributed by atoms with Crippen LogP contribution in [-0.4, -0.2) is 76.5 Å². The van der Waals surface area contributed by atoms with Crippen LogP contribution in [0.15, 0.2) is 35.5 Å². The van der Waals surface area contributed by atoms with Crippen molar-refractivity contribution in [2.45, 2.75) is 20.3 Å². The molecular formula is C23H31N3O6. The van der Waals surface area contributed by atoms with Crippen LogP contribution in [0.2, 0.25) is 0 Å². The van der Waals surface area contributed by atoms with Gasteiger partial charge in [0.05, 0.1) is 26.4 Å². The molecule has 1 aromatic carbocycles. The second kappa shape index (κ2) is 10.5. The largest absolute Gasteiger partial charge is 0.466 e. The number of carbonyl (C=O) groups is 3. The van der Waals surface area contributed by atoms with E-state index in [9.17, 15) is 14.4 Å². The Labute approximate surface area is 188 Å². The normalized spacial score (nSPS) is 17.0. The summed E-state index contributed by atoms with van der Waals surface area (Å²) in [4.78, 5) is 42.6. The lowest BCUT2D eigenvalue weighted by atomic mass is 10.1. The van der Waals surface area contributed by atoms with Crippen molar-refractivity contribution in [3.8, 4) is 0 Å². The number of methoxy groups -OCH3 is 2. The summed E-state index contributed by atoms with van der Waals surface area (Å²) >= 11 is 0. The molecule has 2 aliphatic rings. The maximum atomic E-state index is 12.4. The molecule has 9 heteroatoms. The monoisotopic (exact) mass is 445 g/mol. The molecule has 0 aromatic heterocycles. The number of rotatable bonds is 6. The maximum absolute atomic E-state index is 12.4. The standard InChI is InChI=1S/C23H31N3O6/c1-16(2)13-20(27)25-11-9-24(10-12-25)17-5-7-18(8-6-17)26-15-32-14-19(22(28)30-3)21(26)23(29)31-4/h5-8,16H,9-15H2,1-4H3. The lowest BCUT2D eigenvalue weighted by molar-refractivity contribution is -0.140. The van der Waals surface area contributed by atoms with E-state index in [2.05, 4.69) is 18.7 Å². The highest BCUT2D eigenvalue weighted by Gasteiger charge is 2.32. The molecule has 3 rings (SSSR count). The average Bonchev–Trinajstić information content (AvgIpc) is 2.82. The molecule has 0 aliphatic carbocycles. The number of anilines is 2. The Bertz CT molecular complexity index is 872. The van der Waals surface area contributed by atoms with Crippen molar-refractivity contribution in [2.24, 2.45) is 5.92 Å². The number of hydrogen-bond acceptors (Lipinski definition) is 8. The minimum absolute atomic E-state index is 0.0223. The molecule has 0 unspecified atom stereocenters. The Hall–Kier alpha value is -3.07. The molecule has 2 aliphatic heterocycles. The quantitative estimate of drug-likeness (QED) is 0.613. The first kappa shape index (κ1) is 23.6. The number of carbonyl (C=O) groups excluding carboxylic acids is 3. The van der Waals surface area contributed by atoms with Gasteiger partial charge in [0.25, 0.3) is 0 Å². The van der Waals surface area contributed by atoms with Gasteiger partial charge in [0.1, 0.15) is 12.4 Å². The van der Waals surface area contributed by atoms with Crippen LogP contribution < -0.4 is 9.80 Å². The Kier molecular flexibility index (Phi) is 7.74. The number of nitrogens with zero attached hydrogens (tertiary/aromatic N) is 3. The van der Waals surface area contributed by atoms with Crippen molar-refractivity contribution in [2.75, 3.05) is 63.5 Å². The number of hydrogen-bond donors (Lipinski definition) is 0. The predicted octanol–water partition coefficient (Wildman–Crippen LogP) is 1.78. The predicted molar refractivity (Wildman–Crippen MR) is 119 cm³/mol. The maximum Gasteiger partial charge on any atom is 0.355 e. The number of amides is 1. The van der Waals surface area contributed by atoms with Gasteiger partial charge in [-0.1, -0.05) is 13.8 Å². The molecule has 0 N–H and O–H groups in total. The van der Waals surface area contributed by atoms with Gasteiger partial charge in [-0.05, 0) is 30.2 Å². The summed E-state index contributed by atoms with van der Waals surface area (Å²) in [5.74, 6) is -0.685. The van der Waals surface area contributed by atoms with Gasteiger partial charge in [0.2, 0.25) is 5.91 Å². The molecule has 1 fully saturated rings. The topological polar surface area (TPSA) is 88.6 Å². The van der Waals surface area contributed by atoms with Crippen molar-refractivity contribution >= 4 is 29.2 Å². The van der Waals surface area contributed by atoms with Gasteiger partial charge in [-0.3, -0.25) is 4.79 Å². The molecule has 1 aromatic rings. The van der Waals surface area contributed by atoms with E-state index in [-0.39, 0.29) is 30.5 Å². The number of piperazine rings is 1. The van der Waals surface area contributed by atoms with Crippen molar-refractivity contribution in [1.82, 2.24) is 4.90 Å². The van der Waals surface area contributed by atoms with Crippen LogP contribution in [0, 0.1) is 5.92 Å².